The third-order valence-corrected chi connectivity index (χ3v) is 1.66. The summed E-state index contributed by atoms with van der Waals surface area (Å²) in [5, 5.41) is -0.345. The summed E-state index contributed by atoms with van der Waals surface area (Å²) in [5.41, 5.74) is -0.272. The van der Waals surface area contributed by atoms with Gasteiger partial charge in [0.05, 0.1) is 5.38 Å². The van der Waals surface area contributed by atoms with Crippen LogP contribution in [0.15, 0.2) is 6.07 Å². The Morgan fingerprint density at radius 2 is 2.21 bits per heavy atom. The molecule has 1 aromatic heterocycles. The third kappa shape index (κ3) is 3.12. The maximum atomic E-state index is 10.5. The summed E-state index contributed by atoms with van der Waals surface area (Å²) in [6.07, 6.45) is 0. The molecule has 0 aliphatic rings. The molecule has 1 unspecified atom stereocenters. The van der Waals surface area contributed by atoms with E-state index in [9.17, 15) is 4.79 Å². The molecule has 0 saturated heterocycles. The lowest BCUT2D eigenvalue weighted by Crippen LogP contribution is -2.04. The van der Waals surface area contributed by atoms with Crippen LogP contribution in [0.25, 0.3) is 0 Å². The Hall–Kier alpha value is -0.870. The zero-order valence-electron chi connectivity index (χ0n) is 7.62. The molecule has 1 aromatic rings. The predicted octanol–water partition coefficient (Wildman–Crippen LogP) is 2.82. The van der Waals surface area contributed by atoms with E-state index in [-0.39, 0.29) is 11.3 Å². The first-order chi connectivity index (χ1) is 6.49. The maximum absolute atomic E-state index is 10.5. The van der Waals surface area contributed by atoms with Gasteiger partial charge >= 0.3 is 5.43 Å². The van der Waals surface area contributed by atoms with Crippen molar-refractivity contribution in [3.8, 4) is 5.88 Å². The Labute approximate surface area is 91.2 Å². The summed E-state index contributed by atoms with van der Waals surface area (Å²) in [7, 11) is 0. The Morgan fingerprint density at radius 3 is 2.71 bits per heavy atom. The molecule has 0 spiro atoms. The zero-order chi connectivity index (χ0) is 10.7. The van der Waals surface area contributed by atoms with E-state index in [0.29, 0.717) is 11.5 Å². The number of carbonyl (C=O) groups excluding carboxylic acids is 1. The van der Waals surface area contributed by atoms with Crippen LogP contribution >= 0.6 is 23.2 Å². The minimum Gasteiger partial charge on any atom is -0.395 e. The highest BCUT2D eigenvalue weighted by atomic mass is 35.5. The van der Waals surface area contributed by atoms with E-state index in [4.69, 9.17) is 23.2 Å². The fraction of sp³-hybridized carbons (Fsp3) is 0.375. The van der Waals surface area contributed by atoms with Crippen molar-refractivity contribution in [2.75, 3.05) is 0 Å². The molecule has 0 N–H and O–H groups in total. The van der Waals surface area contributed by atoms with Crippen molar-refractivity contribution in [1.29, 1.82) is 0 Å². The lowest BCUT2D eigenvalue weighted by atomic mass is 10.4. The van der Waals surface area contributed by atoms with E-state index in [1.54, 1.807) is 13.8 Å². The van der Waals surface area contributed by atoms with Gasteiger partial charge in [-0.15, -0.1) is 11.6 Å². The first-order valence-electron chi connectivity index (χ1n) is 3.86. The van der Waals surface area contributed by atoms with Crippen LogP contribution in [0.3, 0.4) is 0 Å². The number of rotatable bonds is 2. The van der Waals surface area contributed by atoms with Gasteiger partial charge in [-0.25, -0.2) is 9.78 Å². The Morgan fingerprint density at radius 1 is 1.57 bits per heavy atom. The number of carbonyl (C=O) groups is 1. The van der Waals surface area contributed by atoms with Crippen LogP contribution in [0.5, 0.6) is 5.88 Å². The Kier molecular flexibility index (Phi) is 3.66. The number of hydrogen-bond donors (Lipinski definition) is 0. The van der Waals surface area contributed by atoms with Gasteiger partial charge in [0.25, 0.3) is 0 Å². The molecule has 76 valence electrons. The van der Waals surface area contributed by atoms with Crippen molar-refractivity contribution in [2.24, 2.45) is 0 Å². The second kappa shape index (κ2) is 4.57. The molecular weight excluding hydrogens is 227 g/mol. The summed E-state index contributed by atoms with van der Waals surface area (Å²) in [4.78, 5) is 18.4. The highest BCUT2D eigenvalue weighted by molar-refractivity contribution is 6.61. The van der Waals surface area contributed by atoms with E-state index in [1.165, 1.54) is 6.07 Å². The molecule has 1 rings (SSSR count). The summed E-state index contributed by atoms with van der Waals surface area (Å²) in [6.45, 7) is 3.47. The van der Waals surface area contributed by atoms with Crippen LogP contribution in [0.1, 0.15) is 23.8 Å². The predicted molar refractivity (Wildman–Crippen MR) is 52.9 cm³/mol. The van der Waals surface area contributed by atoms with Crippen molar-refractivity contribution in [3.63, 3.8) is 0 Å². The largest absolute Gasteiger partial charge is 0.410 e. The van der Waals surface area contributed by atoms with Gasteiger partial charge in [0.15, 0.2) is 0 Å². The maximum Gasteiger partial charge on any atom is 0.410 e. The van der Waals surface area contributed by atoms with Crippen LogP contribution in [0.4, 0.5) is 4.79 Å². The van der Waals surface area contributed by atoms with Gasteiger partial charge in [-0.05, 0) is 13.8 Å². The van der Waals surface area contributed by atoms with Gasteiger partial charge in [0.2, 0.25) is 5.88 Å². The number of nitrogens with zero attached hydrogens (tertiary/aromatic N) is 2. The lowest BCUT2D eigenvalue weighted by Gasteiger charge is -2.05. The molecule has 1 heterocycles. The van der Waals surface area contributed by atoms with Crippen LogP contribution in [0.2, 0.25) is 0 Å². The number of aromatic nitrogens is 2. The summed E-state index contributed by atoms with van der Waals surface area (Å²) in [6, 6.07) is 1.50. The fourth-order valence-corrected chi connectivity index (χ4v) is 1.05. The number of halogens is 2. The quantitative estimate of drug-likeness (QED) is 0.584. The molecule has 0 aliphatic heterocycles. The second-order valence-electron chi connectivity index (χ2n) is 2.66. The molecule has 0 aliphatic carbocycles. The topological polar surface area (TPSA) is 52.1 Å². The van der Waals surface area contributed by atoms with E-state index in [2.05, 4.69) is 14.7 Å². The number of hydrogen-bond acceptors (Lipinski definition) is 4. The third-order valence-electron chi connectivity index (χ3n) is 1.39. The molecule has 14 heavy (non-hydrogen) atoms. The van der Waals surface area contributed by atoms with Gasteiger partial charge in [-0.1, -0.05) is 0 Å². The first kappa shape index (κ1) is 11.2. The van der Waals surface area contributed by atoms with Crippen molar-refractivity contribution < 1.29 is 9.53 Å². The zero-order valence-corrected chi connectivity index (χ0v) is 9.13. The monoisotopic (exact) mass is 234 g/mol. The second-order valence-corrected chi connectivity index (χ2v) is 3.62. The summed E-state index contributed by atoms with van der Waals surface area (Å²) in [5.74, 6) is 0.514. The van der Waals surface area contributed by atoms with Crippen LogP contribution in [-0.4, -0.2) is 15.4 Å². The number of ether oxygens (including phenoxy) is 1. The average molecular weight is 235 g/mol. The van der Waals surface area contributed by atoms with Gasteiger partial charge < -0.3 is 4.74 Å². The fourth-order valence-electron chi connectivity index (χ4n) is 0.874. The Balaban J connectivity index is 3.01. The molecular formula is C8H8Cl2N2O2. The van der Waals surface area contributed by atoms with E-state index < -0.39 is 5.43 Å². The van der Waals surface area contributed by atoms with Gasteiger partial charge in [-0.3, -0.25) is 0 Å². The molecule has 0 radical (unpaired) electrons. The van der Waals surface area contributed by atoms with E-state index in [1.807, 2.05) is 0 Å². The normalized spacial score (nSPS) is 12.3. The van der Waals surface area contributed by atoms with Crippen LogP contribution < -0.4 is 4.74 Å². The molecule has 0 aromatic carbocycles. The molecule has 6 heteroatoms. The smallest absolute Gasteiger partial charge is 0.395 e. The number of aryl methyl sites for hydroxylation is 1. The molecule has 0 saturated carbocycles. The van der Waals surface area contributed by atoms with Gasteiger partial charge in [0.1, 0.15) is 5.82 Å². The van der Waals surface area contributed by atoms with Crippen LogP contribution in [-0.2, 0) is 0 Å². The van der Waals surface area contributed by atoms with Crippen molar-refractivity contribution in [3.05, 3.63) is 17.6 Å². The van der Waals surface area contributed by atoms with E-state index >= 15 is 0 Å². The Bertz CT molecular complexity index is 355. The lowest BCUT2D eigenvalue weighted by molar-refractivity contribution is 0.223. The first-order valence-corrected chi connectivity index (χ1v) is 4.67. The SMILES string of the molecule is Cc1cc(OC(=O)Cl)nc(C(C)Cl)n1. The standard InChI is InChI=1S/C8H8Cl2N2O2/c1-4-3-6(14-8(10)13)12-7(11-4)5(2)9/h3,5H,1-2H3. The van der Waals surface area contributed by atoms with Gasteiger partial charge in [0, 0.05) is 23.4 Å². The van der Waals surface area contributed by atoms with Crippen LogP contribution in [0, 0.1) is 6.92 Å². The van der Waals surface area contributed by atoms with Crippen molar-refractivity contribution >= 4 is 28.6 Å². The molecule has 0 amide bonds. The highest BCUT2D eigenvalue weighted by Crippen LogP contribution is 2.19. The van der Waals surface area contributed by atoms with Gasteiger partial charge in [-0.2, -0.15) is 4.98 Å². The average Bonchev–Trinajstić information content (AvgIpc) is 2.01. The number of alkyl halides is 1. The molecule has 0 bridgehead atoms. The minimum absolute atomic E-state index is 0.111. The van der Waals surface area contributed by atoms with E-state index in [0.717, 1.165) is 0 Å². The van der Waals surface area contributed by atoms with Crippen molar-refractivity contribution in [2.45, 2.75) is 19.2 Å². The molecule has 4 nitrogen and oxygen atoms in total. The summed E-state index contributed by atoms with van der Waals surface area (Å²) < 4.78 is 4.60. The molecule has 0 fully saturated rings. The minimum atomic E-state index is -0.934. The summed E-state index contributed by atoms with van der Waals surface area (Å²) >= 11 is 10.8. The van der Waals surface area contributed by atoms with Crippen molar-refractivity contribution in [1.82, 2.24) is 9.97 Å². The molecule has 1 atom stereocenters. The highest BCUT2D eigenvalue weighted by Gasteiger charge is 2.09.